The zero-order valence-electron chi connectivity index (χ0n) is 19.9. The van der Waals surface area contributed by atoms with E-state index in [4.69, 9.17) is 4.74 Å². The number of hydrogen-bond donors (Lipinski definition) is 1. The summed E-state index contributed by atoms with van der Waals surface area (Å²) in [4.78, 5) is 55.0. The van der Waals surface area contributed by atoms with Crippen LogP contribution < -0.4 is 15.1 Å². The third-order valence-corrected chi connectivity index (χ3v) is 7.47. The van der Waals surface area contributed by atoms with Crippen molar-refractivity contribution >= 4 is 34.9 Å². The average molecular weight is 479 g/mol. The molecule has 3 aliphatic rings. The van der Waals surface area contributed by atoms with Gasteiger partial charge in [-0.3, -0.25) is 25.0 Å². The number of non-ortho nitro benzene ring substituents is 1. The predicted molar refractivity (Wildman–Crippen MR) is 127 cm³/mol. The second kappa shape index (κ2) is 7.88. The molecule has 1 N–H and O–H groups in total. The number of hydrogen-bond acceptors (Lipinski definition) is 7. The van der Waals surface area contributed by atoms with Crippen LogP contribution in [0.5, 0.6) is 0 Å². The third-order valence-electron chi connectivity index (χ3n) is 7.47. The van der Waals surface area contributed by atoms with E-state index in [0.29, 0.717) is 17.8 Å². The maximum Gasteiger partial charge on any atom is 0.335 e. The first kappa shape index (κ1) is 23.0. The number of aryl methyl sites for hydroxylation is 1. The Hall–Kier alpha value is -3.79. The summed E-state index contributed by atoms with van der Waals surface area (Å²) in [5, 5.41) is 13.9. The first-order valence-corrected chi connectivity index (χ1v) is 11.5. The number of fused-ring (bicyclic) bond motifs is 4. The molecule has 2 saturated heterocycles. The van der Waals surface area contributed by atoms with E-state index in [1.54, 1.807) is 18.2 Å². The van der Waals surface area contributed by atoms with Crippen molar-refractivity contribution in [2.45, 2.75) is 52.4 Å². The number of nitrogens with zero attached hydrogens (tertiary/aromatic N) is 3. The largest absolute Gasteiger partial charge is 0.372 e. The number of carbonyl (C=O) groups excluding carboxylic acids is 3. The van der Waals surface area contributed by atoms with Gasteiger partial charge >= 0.3 is 6.03 Å². The van der Waals surface area contributed by atoms with E-state index < -0.39 is 40.3 Å². The Morgan fingerprint density at radius 3 is 2.57 bits per heavy atom. The van der Waals surface area contributed by atoms with Crippen molar-refractivity contribution in [2.75, 3.05) is 16.3 Å². The second-order valence-electron chi connectivity index (χ2n) is 9.59. The number of morpholine rings is 1. The lowest BCUT2D eigenvalue weighted by Crippen LogP contribution is -2.76. The molecule has 5 rings (SSSR count). The minimum absolute atomic E-state index is 0.0907. The highest BCUT2D eigenvalue weighted by Crippen LogP contribution is 2.49. The molecule has 4 amide bonds. The molecule has 10 heteroatoms. The van der Waals surface area contributed by atoms with Crippen molar-refractivity contribution in [2.24, 2.45) is 5.41 Å². The number of barbiturate groups is 1. The first-order valence-electron chi connectivity index (χ1n) is 11.5. The Labute approximate surface area is 202 Å². The number of benzene rings is 2. The summed E-state index contributed by atoms with van der Waals surface area (Å²) in [6, 6.07) is 8.28. The van der Waals surface area contributed by atoms with Gasteiger partial charge < -0.3 is 9.64 Å². The number of nitro groups is 1. The average Bonchev–Trinajstić information content (AvgIpc) is 2.79. The van der Waals surface area contributed by atoms with Crippen LogP contribution in [0.1, 0.15) is 30.5 Å². The Kier molecular flexibility index (Phi) is 5.17. The molecule has 0 bridgehead atoms. The number of carbonyl (C=O) groups is 3. The van der Waals surface area contributed by atoms with E-state index in [1.807, 2.05) is 38.7 Å². The van der Waals surface area contributed by atoms with Crippen LogP contribution in [-0.2, 0) is 20.7 Å². The van der Waals surface area contributed by atoms with E-state index in [1.165, 1.54) is 12.1 Å². The maximum atomic E-state index is 14.3. The number of imide groups is 2. The van der Waals surface area contributed by atoms with Gasteiger partial charge in [-0.15, -0.1) is 0 Å². The number of rotatable bonds is 2. The fourth-order valence-corrected chi connectivity index (χ4v) is 5.82. The quantitative estimate of drug-likeness (QED) is 0.400. The topological polar surface area (TPSA) is 122 Å². The van der Waals surface area contributed by atoms with Crippen LogP contribution in [-0.4, -0.2) is 47.6 Å². The minimum atomic E-state index is -1.72. The van der Waals surface area contributed by atoms with E-state index in [-0.39, 0.29) is 18.2 Å². The molecule has 3 heterocycles. The molecule has 2 aromatic carbocycles. The fourth-order valence-electron chi connectivity index (χ4n) is 5.82. The van der Waals surface area contributed by atoms with Crippen molar-refractivity contribution in [3.8, 4) is 0 Å². The molecule has 4 atom stereocenters. The molecular weight excluding hydrogens is 452 g/mol. The van der Waals surface area contributed by atoms with Gasteiger partial charge in [0.1, 0.15) is 0 Å². The molecule has 35 heavy (non-hydrogen) atoms. The van der Waals surface area contributed by atoms with Crippen LogP contribution >= 0.6 is 0 Å². The molecule has 1 spiro atoms. The highest BCUT2D eigenvalue weighted by Gasteiger charge is 2.65. The lowest BCUT2D eigenvalue weighted by Gasteiger charge is -2.56. The second-order valence-corrected chi connectivity index (χ2v) is 9.59. The molecule has 0 saturated carbocycles. The molecular formula is C25H26N4O6. The van der Waals surface area contributed by atoms with Crippen molar-refractivity contribution in [3.63, 3.8) is 0 Å². The summed E-state index contributed by atoms with van der Waals surface area (Å²) in [7, 11) is 0. The maximum absolute atomic E-state index is 14.3. The number of ether oxygens (including phenoxy) is 1. The lowest BCUT2D eigenvalue weighted by molar-refractivity contribution is -0.384. The van der Waals surface area contributed by atoms with Crippen LogP contribution in [0.25, 0.3) is 0 Å². The number of amides is 4. The highest BCUT2D eigenvalue weighted by molar-refractivity contribution is 6.31. The molecule has 10 nitrogen and oxygen atoms in total. The van der Waals surface area contributed by atoms with Gasteiger partial charge in [0, 0.05) is 30.8 Å². The first-order chi connectivity index (χ1) is 16.6. The minimum Gasteiger partial charge on any atom is -0.372 e. The zero-order chi connectivity index (χ0) is 25.2. The van der Waals surface area contributed by atoms with Crippen LogP contribution in [0.15, 0.2) is 36.4 Å². The van der Waals surface area contributed by atoms with Gasteiger partial charge in [0.2, 0.25) is 5.91 Å². The number of urea groups is 1. The van der Waals surface area contributed by atoms with Gasteiger partial charge in [0.05, 0.1) is 28.9 Å². The van der Waals surface area contributed by atoms with Crippen LogP contribution in [0.4, 0.5) is 21.9 Å². The van der Waals surface area contributed by atoms with Gasteiger partial charge in [-0.05, 0) is 56.5 Å². The summed E-state index contributed by atoms with van der Waals surface area (Å²) in [6.45, 7) is 7.79. The Balaban J connectivity index is 1.73. The standard InChI is InChI=1S/C25H26N4O6/c1-13-6-5-7-19(15(13)3)28-23(31)25(22(30)26-24(28)32)11-17-10-18(29(33)34)8-9-20(17)27-12-14(2)35-16(4)21(25)27/h5-10,14,16,21H,11-12H2,1-4H3,(H,26,30,32)/t14-,16-,21-,25+/m0/s1. The third kappa shape index (κ3) is 3.23. The predicted octanol–water partition coefficient (Wildman–Crippen LogP) is 3.02. The summed E-state index contributed by atoms with van der Waals surface area (Å²) >= 11 is 0. The molecule has 3 aliphatic heterocycles. The monoisotopic (exact) mass is 478 g/mol. The van der Waals surface area contributed by atoms with Gasteiger partial charge in [0.25, 0.3) is 11.6 Å². The van der Waals surface area contributed by atoms with Gasteiger partial charge in [-0.25, -0.2) is 9.69 Å². The molecule has 2 aromatic rings. The molecule has 0 aliphatic carbocycles. The molecule has 0 aromatic heterocycles. The SMILES string of the molecule is Cc1cccc(N2C(=O)NC(=O)[C@]3(Cc4cc([N+](=O)[O-])ccc4N4C[C@H](C)O[C@@H](C)[C@H]43)C2=O)c1C. The van der Waals surface area contributed by atoms with E-state index in [2.05, 4.69) is 5.32 Å². The number of nitro benzene ring substituents is 1. The van der Waals surface area contributed by atoms with Gasteiger partial charge in [-0.1, -0.05) is 12.1 Å². The fraction of sp³-hybridized carbons (Fsp3) is 0.400. The highest BCUT2D eigenvalue weighted by atomic mass is 16.6. The van der Waals surface area contributed by atoms with Gasteiger partial charge in [-0.2, -0.15) is 0 Å². The summed E-state index contributed by atoms with van der Waals surface area (Å²) in [5.41, 5.74) is 1.42. The Morgan fingerprint density at radius 2 is 1.86 bits per heavy atom. The van der Waals surface area contributed by atoms with E-state index in [9.17, 15) is 24.5 Å². The smallest absolute Gasteiger partial charge is 0.335 e. The zero-order valence-corrected chi connectivity index (χ0v) is 19.9. The van der Waals surface area contributed by atoms with Crippen molar-refractivity contribution < 1.29 is 24.0 Å². The van der Waals surface area contributed by atoms with Crippen molar-refractivity contribution in [1.82, 2.24) is 5.32 Å². The van der Waals surface area contributed by atoms with Crippen molar-refractivity contribution in [3.05, 3.63) is 63.2 Å². The van der Waals surface area contributed by atoms with E-state index in [0.717, 1.165) is 21.7 Å². The van der Waals surface area contributed by atoms with Crippen LogP contribution in [0.2, 0.25) is 0 Å². The Bertz CT molecular complexity index is 1290. The van der Waals surface area contributed by atoms with Gasteiger partial charge in [0.15, 0.2) is 5.41 Å². The van der Waals surface area contributed by atoms with Crippen molar-refractivity contribution in [1.29, 1.82) is 0 Å². The molecule has 182 valence electrons. The summed E-state index contributed by atoms with van der Waals surface area (Å²) in [5.74, 6) is -1.37. The lowest BCUT2D eigenvalue weighted by atomic mass is 9.66. The van der Waals surface area contributed by atoms with E-state index >= 15 is 0 Å². The molecule has 0 radical (unpaired) electrons. The number of anilines is 2. The molecule has 0 unspecified atom stereocenters. The molecule has 2 fully saturated rings. The van der Waals surface area contributed by atoms with Crippen LogP contribution in [0, 0.1) is 29.4 Å². The summed E-state index contributed by atoms with van der Waals surface area (Å²) in [6.07, 6.45) is -0.810. The normalized spacial score (nSPS) is 28.0. The summed E-state index contributed by atoms with van der Waals surface area (Å²) < 4.78 is 6.08. The number of nitrogens with one attached hydrogen (secondary N) is 1. The Morgan fingerprint density at radius 1 is 1.11 bits per heavy atom. The van der Waals surface area contributed by atoms with Crippen LogP contribution in [0.3, 0.4) is 0 Å².